The number of ether oxygens (including phenoxy) is 2. The maximum Gasteiger partial charge on any atom is 0.416 e. The number of hydrogen-bond donors (Lipinski definition) is 1. The highest BCUT2D eigenvalue weighted by Crippen LogP contribution is 2.31. The molecule has 33 heavy (non-hydrogen) atoms. The molecule has 0 radical (unpaired) electrons. The van der Waals surface area contributed by atoms with E-state index in [1.165, 1.54) is 6.07 Å². The van der Waals surface area contributed by atoms with E-state index in [1.54, 1.807) is 20.3 Å². The molecule has 5 nitrogen and oxygen atoms in total. The number of alkyl halides is 3. The second kappa shape index (κ2) is 11.1. The van der Waals surface area contributed by atoms with Crippen LogP contribution in [0.25, 0.3) is 0 Å². The van der Waals surface area contributed by atoms with Crippen LogP contribution < -0.4 is 14.8 Å². The van der Waals surface area contributed by atoms with Crippen LogP contribution in [0, 0.1) is 0 Å². The third-order valence-corrected chi connectivity index (χ3v) is 6.26. The molecule has 2 aromatic rings. The molecular weight excluding hydrogens is 451 g/mol. The molecule has 180 valence electrons. The fraction of sp³-hybridized carbons (Fsp3) is 0.458. The van der Waals surface area contributed by atoms with Gasteiger partial charge in [-0.05, 0) is 87.5 Å². The normalized spacial score (nSPS) is 15.2. The van der Waals surface area contributed by atoms with Crippen LogP contribution in [0.3, 0.4) is 0 Å². The lowest BCUT2D eigenvalue weighted by Gasteiger charge is -2.39. The SMILES string of the molecule is COc1ccc(CCN(C(=S)Nc2cccc(C(F)(F)F)c2)C2CCN(C)CC2)cc1OC. The molecule has 1 aliphatic rings. The summed E-state index contributed by atoms with van der Waals surface area (Å²) in [6.45, 7) is 2.53. The average molecular weight is 482 g/mol. The summed E-state index contributed by atoms with van der Waals surface area (Å²) in [5.41, 5.74) is 0.692. The Morgan fingerprint density at radius 2 is 1.79 bits per heavy atom. The predicted molar refractivity (Wildman–Crippen MR) is 128 cm³/mol. The number of nitrogens with zero attached hydrogens (tertiary/aromatic N) is 2. The van der Waals surface area contributed by atoms with Crippen molar-refractivity contribution in [2.75, 3.05) is 46.2 Å². The van der Waals surface area contributed by atoms with Crippen LogP contribution in [0.1, 0.15) is 24.0 Å². The number of nitrogens with one attached hydrogen (secondary N) is 1. The maximum atomic E-state index is 13.1. The number of halogens is 3. The van der Waals surface area contributed by atoms with Gasteiger partial charge in [-0.25, -0.2) is 0 Å². The fourth-order valence-electron chi connectivity index (χ4n) is 4.01. The Bertz CT molecular complexity index is 947. The van der Waals surface area contributed by atoms with Gasteiger partial charge in [0.2, 0.25) is 0 Å². The summed E-state index contributed by atoms with van der Waals surface area (Å²) in [6.07, 6.45) is -1.82. The minimum Gasteiger partial charge on any atom is -0.493 e. The monoisotopic (exact) mass is 481 g/mol. The van der Waals surface area contributed by atoms with E-state index in [4.69, 9.17) is 21.7 Å². The van der Waals surface area contributed by atoms with Gasteiger partial charge in [0.05, 0.1) is 19.8 Å². The summed E-state index contributed by atoms with van der Waals surface area (Å²) in [4.78, 5) is 4.38. The van der Waals surface area contributed by atoms with E-state index >= 15 is 0 Å². The first kappa shape index (κ1) is 25.1. The van der Waals surface area contributed by atoms with Crippen molar-refractivity contribution in [3.05, 3.63) is 53.6 Å². The minimum absolute atomic E-state index is 0.215. The molecule has 1 N–H and O–H groups in total. The van der Waals surface area contributed by atoms with Crippen LogP contribution in [0.5, 0.6) is 11.5 Å². The number of benzene rings is 2. The topological polar surface area (TPSA) is 37.0 Å². The number of piperidine rings is 1. The summed E-state index contributed by atoms with van der Waals surface area (Å²) in [5, 5.41) is 3.47. The molecule has 0 amide bonds. The lowest BCUT2D eigenvalue weighted by Crippen LogP contribution is -2.48. The van der Waals surface area contributed by atoms with Crippen LogP contribution in [0.2, 0.25) is 0 Å². The Kier molecular flexibility index (Phi) is 8.42. The predicted octanol–water partition coefficient (Wildman–Crippen LogP) is 5.06. The highest BCUT2D eigenvalue weighted by Gasteiger charge is 2.31. The molecule has 0 saturated carbocycles. The summed E-state index contributed by atoms with van der Waals surface area (Å²) >= 11 is 5.68. The Labute approximate surface area is 198 Å². The summed E-state index contributed by atoms with van der Waals surface area (Å²) in [7, 11) is 5.28. The minimum atomic E-state index is -4.40. The molecule has 2 aromatic carbocycles. The van der Waals surface area contributed by atoms with E-state index in [-0.39, 0.29) is 6.04 Å². The third kappa shape index (κ3) is 6.74. The standard InChI is InChI=1S/C24H30F3N3O2S/c1-29-12-10-20(11-13-29)30(14-9-17-7-8-21(31-2)22(15-17)32-3)23(33)28-19-6-4-5-18(16-19)24(25,26)27/h4-8,15-16,20H,9-14H2,1-3H3,(H,28,33). The highest BCUT2D eigenvalue weighted by molar-refractivity contribution is 7.80. The fourth-order valence-corrected chi connectivity index (χ4v) is 4.37. The van der Waals surface area contributed by atoms with E-state index in [1.807, 2.05) is 18.2 Å². The first-order chi connectivity index (χ1) is 15.7. The molecule has 1 aliphatic heterocycles. The number of likely N-dealkylation sites (tertiary alicyclic amines) is 1. The zero-order valence-electron chi connectivity index (χ0n) is 19.1. The van der Waals surface area contributed by atoms with Crippen molar-refractivity contribution in [3.8, 4) is 11.5 Å². The molecule has 1 saturated heterocycles. The van der Waals surface area contributed by atoms with Gasteiger partial charge in [-0.2, -0.15) is 13.2 Å². The maximum absolute atomic E-state index is 13.1. The van der Waals surface area contributed by atoms with Crippen LogP contribution in [-0.2, 0) is 12.6 Å². The molecule has 0 aromatic heterocycles. The van der Waals surface area contributed by atoms with Gasteiger partial charge in [0.1, 0.15) is 0 Å². The van der Waals surface area contributed by atoms with Crippen molar-refractivity contribution >= 4 is 23.0 Å². The zero-order chi connectivity index (χ0) is 24.0. The molecule has 1 heterocycles. The van der Waals surface area contributed by atoms with Gasteiger partial charge in [-0.3, -0.25) is 0 Å². The molecular formula is C24H30F3N3O2S. The van der Waals surface area contributed by atoms with E-state index < -0.39 is 11.7 Å². The molecule has 0 unspecified atom stereocenters. The zero-order valence-corrected chi connectivity index (χ0v) is 19.9. The van der Waals surface area contributed by atoms with Crippen LogP contribution in [-0.4, -0.2) is 61.9 Å². The van der Waals surface area contributed by atoms with Gasteiger partial charge in [-0.1, -0.05) is 12.1 Å². The van der Waals surface area contributed by atoms with Crippen LogP contribution in [0.4, 0.5) is 18.9 Å². The molecule has 3 rings (SSSR count). The first-order valence-electron chi connectivity index (χ1n) is 10.9. The average Bonchev–Trinajstić information content (AvgIpc) is 2.79. The number of hydrogen-bond acceptors (Lipinski definition) is 4. The van der Waals surface area contributed by atoms with Gasteiger partial charge < -0.3 is 24.6 Å². The van der Waals surface area contributed by atoms with Gasteiger partial charge in [0.15, 0.2) is 16.6 Å². The molecule has 9 heteroatoms. The van der Waals surface area contributed by atoms with Crippen molar-refractivity contribution in [1.29, 1.82) is 0 Å². The summed E-state index contributed by atoms with van der Waals surface area (Å²) in [5.74, 6) is 1.32. The second-order valence-corrected chi connectivity index (χ2v) is 8.56. The largest absolute Gasteiger partial charge is 0.493 e. The Hall–Kier alpha value is -2.52. The Morgan fingerprint density at radius 1 is 1.09 bits per heavy atom. The van der Waals surface area contributed by atoms with E-state index in [0.717, 1.165) is 43.6 Å². The molecule has 0 aliphatic carbocycles. The van der Waals surface area contributed by atoms with E-state index in [0.29, 0.717) is 35.3 Å². The summed E-state index contributed by atoms with van der Waals surface area (Å²) < 4.78 is 50.1. The Balaban J connectivity index is 1.76. The second-order valence-electron chi connectivity index (χ2n) is 8.18. The molecule has 0 spiro atoms. The van der Waals surface area contributed by atoms with Crippen molar-refractivity contribution < 1.29 is 22.6 Å². The number of thiocarbonyl (C=S) groups is 1. The lowest BCUT2D eigenvalue weighted by molar-refractivity contribution is -0.137. The quantitative estimate of drug-likeness (QED) is 0.558. The number of anilines is 1. The van der Waals surface area contributed by atoms with Gasteiger partial charge in [0.25, 0.3) is 0 Å². The van der Waals surface area contributed by atoms with Crippen molar-refractivity contribution in [2.24, 2.45) is 0 Å². The number of rotatable bonds is 7. The lowest BCUT2D eigenvalue weighted by atomic mass is 10.0. The molecule has 0 atom stereocenters. The van der Waals surface area contributed by atoms with Gasteiger partial charge in [-0.15, -0.1) is 0 Å². The third-order valence-electron chi connectivity index (χ3n) is 5.92. The van der Waals surface area contributed by atoms with E-state index in [2.05, 4.69) is 22.2 Å². The molecule has 1 fully saturated rings. The van der Waals surface area contributed by atoms with E-state index in [9.17, 15) is 13.2 Å². The van der Waals surface area contributed by atoms with Crippen molar-refractivity contribution in [1.82, 2.24) is 9.80 Å². The first-order valence-corrected chi connectivity index (χ1v) is 11.3. The number of methoxy groups -OCH3 is 2. The van der Waals surface area contributed by atoms with Crippen molar-refractivity contribution in [2.45, 2.75) is 31.5 Å². The van der Waals surface area contributed by atoms with Crippen LogP contribution >= 0.6 is 12.2 Å². The summed E-state index contributed by atoms with van der Waals surface area (Å²) in [6, 6.07) is 11.1. The Morgan fingerprint density at radius 3 is 2.42 bits per heavy atom. The van der Waals surface area contributed by atoms with Crippen LogP contribution in [0.15, 0.2) is 42.5 Å². The smallest absolute Gasteiger partial charge is 0.416 e. The van der Waals surface area contributed by atoms with Gasteiger partial charge >= 0.3 is 6.18 Å². The van der Waals surface area contributed by atoms with Crippen molar-refractivity contribution in [3.63, 3.8) is 0 Å². The highest BCUT2D eigenvalue weighted by atomic mass is 32.1. The van der Waals surface area contributed by atoms with Gasteiger partial charge in [0, 0.05) is 18.3 Å². The molecule has 0 bridgehead atoms.